The lowest BCUT2D eigenvalue weighted by Crippen LogP contribution is -2.14. The first-order valence-electron chi connectivity index (χ1n) is 4.31. The molecule has 13 heavy (non-hydrogen) atoms. The summed E-state index contributed by atoms with van der Waals surface area (Å²) in [5.74, 6) is 0. The lowest BCUT2D eigenvalue weighted by molar-refractivity contribution is 0.466. The van der Waals surface area contributed by atoms with Gasteiger partial charge in [-0.2, -0.15) is 16.6 Å². The van der Waals surface area contributed by atoms with Crippen molar-refractivity contribution in [1.29, 1.82) is 5.26 Å². The fraction of sp³-hybridized carbons (Fsp3) is 0.500. The highest BCUT2D eigenvalue weighted by Crippen LogP contribution is 2.19. The minimum Gasteiger partial charge on any atom is -0.384 e. The van der Waals surface area contributed by atoms with Crippen molar-refractivity contribution in [2.45, 2.75) is 20.3 Å². The van der Waals surface area contributed by atoms with Crippen LogP contribution in [0, 0.1) is 16.7 Å². The average molecular weight is 194 g/mol. The van der Waals surface area contributed by atoms with E-state index in [0.29, 0.717) is 0 Å². The van der Waals surface area contributed by atoms with Crippen LogP contribution >= 0.6 is 11.3 Å². The van der Waals surface area contributed by atoms with Crippen LogP contribution in [0.5, 0.6) is 0 Å². The zero-order chi connectivity index (χ0) is 9.73. The van der Waals surface area contributed by atoms with Crippen LogP contribution < -0.4 is 5.32 Å². The molecule has 0 aliphatic heterocycles. The number of thiophene rings is 1. The van der Waals surface area contributed by atoms with Crippen LogP contribution in [-0.2, 0) is 0 Å². The molecule has 1 aromatic heterocycles. The van der Waals surface area contributed by atoms with E-state index in [1.165, 1.54) is 0 Å². The predicted molar refractivity (Wildman–Crippen MR) is 56.8 cm³/mol. The molecule has 1 rings (SSSR count). The largest absolute Gasteiger partial charge is 0.384 e. The van der Waals surface area contributed by atoms with Crippen molar-refractivity contribution in [2.24, 2.45) is 5.41 Å². The third kappa shape index (κ3) is 3.47. The topological polar surface area (TPSA) is 35.8 Å². The Morgan fingerprint density at radius 3 is 2.92 bits per heavy atom. The monoisotopic (exact) mass is 194 g/mol. The number of nitrogens with zero attached hydrogens (tertiary/aromatic N) is 1. The van der Waals surface area contributed by atoms with Gasteiger partial charge in [0.2, 0.25) is 0 Å². The Morgan fingerprint density at radius 1 is 1.62 bits per heavy atom. The fourth-order valence-corrected chi connectivity index (χ4v) is 1.55. The highest BCUT2D eigenvalue weighted by atomic mass is 32.1. The van der Waals surface area contributed by atoms with Gasteiger partial charge in [-0.3, -0.25) is 0 Å². The summed E-state index contributed by atoms with van der Waals surface area (Å²) in [6, 6.07) is 4.33. The third-order valence-electron chi connectivity index (χ3n) is 1.90. The highest BCUT2D eigenvalue weighted by Gasteiger charge is 2.15. The summed E-state index contributed by atoms with van der Waals surface area (Å²) in [5, 5.41) is 16.2. The smallest absolute Gasteiger partial charge is 0.0684 e. The summed E-state index contributed by atoms with van der Waals surface area (Å²) >= 11 is 1.68. The fourth-order valence-electron chi connectivity index (χ4n) is 0.940. The van der Waals surface area contributed by atoms with Gasteiger partial charge in [0.25, 0.3) is 0 Å². The van der Waals surface area contributed by atoms with Gasteiger partial charge in [0.15, 0.2) is 0 Å². The average Bonchev–Trinajstić information content (AvgIpc) is 2.57. The van der Waals surface area contributed by atoms with E-state index in [1.807, 2.05) is 25.3 Å². The molecule has 0 bridgehead atoms. The Bertz CT molecular complexity index is 282. The van der Waals surface area contributed by atoms with Gasteiger partial charge in [0.1, 0.15) is 0 Å². The van der Waals surface area contributed by atoms with Gasteiger partial charge in [-0.05, 0) is 31.7 Å². The molecule has 0 unspecified atom stereocenters. The molecule has 3 heteroatoms. The van der Waals surface area contributed by atoms with Crippen LogP contribution in [0.3, 0.4) is 0 Å². The summed E-state index contributed by atoms with van der Waals surface area (Å²) in [6.07, 6.45) is 0.874. The summed E-state index contributed by atoms with van der Waals surface area (Å²) in [6.45, 7) is 4.78. The predicted octanol–water partition coefficient (Wildman–Crippen LogP) is 3.10. The van der Waals surface area contributed by atoms with Gasteiger partial charge >= 0.3 is 0 Å². The Kier molecular flexibility index (Phi) is 3.32. The molecule has 1 heterocycles. The number of nitriles is 1. The molecule has 0 aromatic carbocycles. The zero-order valence-electron chi connectivity index (χ0n) is 8.00. The minimum absolute atomic E-state index is 0.219. The first kappa shape index (κ1) is 10.1. The summed E-state index contributed by atoms with van der Waals surface area (Å²) < 4.78 is 0. The standard InChI is InChI=1S/C10H14N2S/c1-10(2,8-11)4-5-12-9-3-6-13-7-9/h3,6-7,12H,4-5H2,1-2H3. The van der Waals surface area contributed by atoms with Gasteiger partial charge in [0.05, 0.1) is 11.5 Å². The molecule has 0 fully saturated rings. The Morgan fingerprint density at radius 2 is 2.38 bits per heavy atom. The van der Waals surface area contributed by atoms with Gasteiger partial charge < -0.3 is 5.32 Å². The van der Waals surface area contributed by atoms with Crippen molar-refractivity contribution in [2.75, 3.05) is 11.9 Å². The number of hydrogen-bond acceptors (Lipinski definition) is 3. The molecule has 0 aliphatic rings. The molecule has 2 nitrogen and oxygen atoms in total. The normalized spacial score (nSPS) is 10.8. The SMILES string of the molecule is CC(C)(C#N)CCNc1ccsc1. The number of nitrogens with one attached hydrogen (secondary N) is 1. The molecule has 0 aliphatic carbocycles. The molecular weight excluding hydrogens is 180 g/mol. The quantitative estimate of drug-likeness (QED) is 0.799. The van der Waals surface area contributed by atoms with Crippen molar-refractivity contribution in [1.82, 2.24) is 0 Å². The van der Waals surface area contributed by atoms with Crippen molar-refractivity contribution in [3.63, 3.8) is 0 Å². The third-order valence-corrected chi connectivity index (χ3v) is 2.59. The van der Waals surface area contributed by atoms with E-state index in [4.69, 9.17) is 5.26 Å². The lowest BCUT2D eigenvalue weighted by Gasteiger charge is -2.14. The van der Waals surface area contributed by atoms with Crippen molar-refractivity contribution in [3.8, 4) is 6.07 Å². The maximum Gasteiger partial charge on any atom is 0.0684 e. The number of anilines is 1. The van der Waals surface area contributed by atoms with E-state index in [9.17, 15) is 0 Å². The van der Waals surface area contributed by atoms with E-state index in [1.54, 1.807) is 11.3 Å². The highest BCUT2D eigenvalue weighted by molar-refractivity contribution is 7.08. The van der Waals surface area contributed by atoms with E-state index in [-0.39, 0.29) is 5.41 Å². The molecule has 70 valence electrons. The van der Waals surface area contributed by atoms with Crippen LogP contribution in [0.4, 0.5) is 5.69 Å². The van der Waals surface area contributed by atoms with Crippen molar-refractivity contribution >= 4 is 17.0 Å². The lowest BCUT2D eigenvalue weighted by atomic mass is 9.91. The Balaban J connectivity index is 2.26. The first-order valence-corrected chi connectivity index (χ1v) is 5.26. The molecule has 0 atom stereocenters. The molecule has 0 amide bonds. The van der Waals surface area contributed by atoms with E-state index >= 15 is 0 Å². The molecule has 1 aromatic rings. The van der Waals surface area contributed by atoms with Crippen LogP contribution in [0.25, 0.3) is 0 Å². The van der Waals surface area contributed by atoms with Gasteiger partial charge in [0, 0.05) is 17.6 Å². The maximum atomic E-state index is 8.78. The number of hydrogen-bond donors (Lipinski definition) is 1. The maximum absolute atomic E-state index is 8.78. The molecular formula is C10H14N2S. The zero-order valence-corrected chi connectivity index (χ0v) is 8.82. The van der Waals surface area contributed by atoms with Crippen LogP contribution in [-0.4, -0.2) is 6.54 Å². The Hall–Kier alpha value is -1.01. The van der Waals surface area contributed by atoms with Crippen molar-refractivity contribution in [3.05, 3.63) is 16.8 Å². The second kappa shape index (κ2) is 4.29. The minimum atomic E-state index is -0.219. The van der Waals surface area contributed by atoms with E-state index in [2.05, 4.69) is 16.8 Å². The summed E-state index contributed by atoms with van der Waals surface area (Å²) in [4.78, 5) is 0. The van der Waals surface area contributed by atoms with Crippen molar-refractivity contribution < 1.29 is 0 Å². The Labute approximate surface area is 83.2 Å². The van der Waals surface area contributed by atoms with Crippen LogP contribution in [0.15, 0.2) is 16.8 Å². The number of rotatable bonds is 4. The summed E-state index contributed by atoms with van der Waals surface area (Å²) in [5.41, 5.74) is 0.932. The van der Waals surface area contributed by atoms with Crippen LogP contribution in [0.2, 0.25) is 0 Å². The molecule has 0 radical (unpaired) electrons. The molecule has 1 N–H and O–H groups in total. The van der Waals surface area contributed by atoms with Gasteiger partial charge in [-0.1, -0.05) is 0 Å². The van der Waals surface area contributed by atoms with E-state index < -0.39 is 0 Å². The van der Waals surface area contributed by atoms with Crippen LogP contribution in [0.1, 0.15) is 20.3 Å². The molecule has 0 saturated carbocycles. The van der Waals surface area contributed by atoms with E-state index in [0.717, 1.165) is 18.7 Å². The molecule has 0 saturated heterocycles. The molecule has 0 spiro atoms. The summed E-state index contributed by atoms with van der Waals surface area (Å²) in [7, 11) is 0. The second-order valence-corrected chi connectivity index (χ2v) is 4.46. The van der Waals surface area contributed by atoms with Gasteiger partial charge in [-0.25, -0.2) is 0 Å². The first-order chi connectivity index (χ1) is 6.14. The van der Waals surface area contributed by atoms with Gasteiger partial charge in [-0.15, -0.1) is 0 Å². The second-order valence-electron chi connectivity index (χ2n) is 3.68.